The van der Waals surface area contributed by atoms with E-state index < -0.39 is 0 Å². The summed E-state index contributed by atoms with van der Waals surface area (Å²) in [4.78, 5) is 32.8. The van der Waals surface area contributed by atoms with Gasteiger partial charge in [0.15, 0.2) is 10.9 Å². The molecule has 0 aliphatic heterocycles. The third kappa shape index (κ3) is 3.50. The van der Waals surface area contributed by atoms with Crippen LogP contribution in [0.2, 0.25) is 0 Å². The van der Waals surface area contributed by atoms with E-state index in [0.717, 1.165) is 22.2 Å². The van der Waals surface area contributed by atoms with Crippen LogP contribution in [0.1, 0.15) is 17.3 Å². The number of carbonyl (C=O) groups is 2. The van der Waals surface area contributed by atoms with Gasteiger partial charge in [0.05, 0.1) is 5.69 Å². The molecular formula is C20H16N4O2S. The van der Waals surface area contributed by atoms with Crippen molar-refractivity contribution < 1.29 is 9.59 Å². The number of rotatable bonds is 5. The highest BCUT2D eigenvalue weighted by atomic mass is 32.1. The van der Waals surface area contributed by atoms with Gasteiger partial charge in [-0.1, -0.05) is 18.2 Å². The average molecular weight is 376 g/mol. The van der Waals surface area contributed by atoms with Crippen molar-refractivity contribution in [3.63, 3.8) is 0 Å². The minimum absolute atomic E-state index is 0.0210. The van der Waals surface area contributed by atoms with Crippen molar-refractivity contribution in [2.24, 2.45) is 0 Å². The van der Waals surface area contributed by atoms with Crippen LogP contribution in [0.4, 0.5) is 5.13 Å². The van der Waals surface area contributed by atoms with Crippen molar-refractivity contribution in [2.75, 3.05) is 5.32 Å². The molecule has 3 aromatic heterocycles. The first kappa shape index (κ1) is 17.1. The number of anilines is 1. The number of fused-ring (bicyclic) bond motifs is 1. The molecule has 0 aliphatic carbocycles. The number of Topliss-reactive ketones (excluding diaryl/α,β-unsaturated/α-hetero) is 1. The number of nitrogens with one attached hydrogen (secondary N) is 1. The zero-order valence-electron chi connectivity index (χ0n) is 14.5. The molecule has 7 heteroatoms. The molecule has 0 fully saturated rings. The zero-order valence-corrected chi connectivity index (χ0v) is 15.4. The average Bonchev–Trinajstić information content (AvgIpc) is 3.28. The highest BCUT2D eigenvalue weighted by Crippen LogP contribution is 2.25. The molecule has 1 aromatic carbocycles. The Balaban J connectivity index is 1.53. The lowest BCUT2D eigenvalue weighted by molar-refractivity contribution is -0.116. The maximum Gasteiger partial charge on any atom is 0.246 e. The number of benzene rings is 1. The Hall–Kier alpha value is -3.32. The number of hydrogen-bond acceptors (Lipinski definition) is 5. The lowest BCUT2D eigenvalue weighted by Crippen LogP contribution is -2.18. The van der Waals surface area contributed by atoms with Crippen molar-refractivity contribution >= 4 is 39.1 Å². The van der Waals surface area contributed by atoms with Crippen molar-refractivity contribution in [3.05, 3.63) is 65.9 Å². The summed E-state index contributed by atoms with van der Waals surface area (Å²) in [5.74, 6) is -0.214. The standard InChI is InChI=1S/C20H16N4O2S/c1-13(25)16-10-24(18-5-3-2-4-15(16)18)11-19(26)23-20-22-17(12-27-20)14-6-8-21-9-7-14/h2-10,12H,11H2,1H3,(H,22,23,26). The minimum Gasteiger partial charge on any atom is -0.337 e. The highest BCUT2D eigenvalue weighted by Gasteiger charge is 2.14. The Morgan fingerprint density at radius 1 is 1.15 bits per heavy atom. The molecule has 0 atom stereocenters. The van der Waals surface area contributed by atoms with E-state index in [1.165, 1.54) is 18.3 Å². The van der Waals surface area contributed by atoms with Crippen LogP contribution in [-0.2, 0) is 11.3 Å². The molecule has 4 rings (SSSR count). The van der Waals surface area contributed by atoms with Crippen molar-refractivity contribution in [3.8, 4) is 11.3 Å². The molecule has 0 aliphatic rings. The smallest absolute Gasteiger partial charge is 0.246 e. The van der Waals surface area contributed by atoms with Gasteiger partial charge in [0, 0.05) is 46.0 Å². The monoisotopic (exact) mass is 376 g/mol. The number of hydrogen-bond donors (Lipinski definition) is 1. The lowest BCUT2D eigenvalue weighted by atomic mass is 10.1. The van der Waals surface area contributed by atoms with Gasteiger partial charge in [-0.05, 0) is 25.1 Å². The van der Waals surface area contributed by atoms with E-state index in [0.29, 0.717) is 10.7 Å². The van der Waals surface area contributed by atoms with Crippen LogP contribution in [0.25, 0.3) is 22.2 Å². The third-order valence-corrected chi connectivity index (χ3v) is 4.97. The molecule has 0 radical (unpaired) electrons. The Kier molecular flexibility index (Phi) is 4.52. The van der Waals surface area contributed by atoms with Crippen molar-refractivity contribution in [2.45, 2.75) is 13.5 Å². The van der Waals surface area contributed by atoms with E-state index in [4.69, 9.17) is 0 Å². The maximum absolute atomic E-state index is 12.5. The summed E-state index contributed by atoms with van der Waals surface area (Å²) >= 11 is 1.37. The second kappa shape index (κ2) is 7.13. The van der Waals surface area contributed by atoms with Crippen LogP contribution in [0, 0.1) is 0 Å². The second-order valence-corrected chi connectivity index (χ2v) is 6.92. The molecule has 27 heavy (non-hydrogen) atoms. The number of pyridine rings is 1. The fraction of sp³-hybridized carbons (Fsp3) is 0.100. The van der Waals surface area contributed by atoms with E-state index in [2.05, 4.69) is 15.3 Å². The number of thiazole rings is 1. The predicted octanol–water partition coefficient (Wildman–Crippen LogP) is 4.00. The van der Waals surface area contributed by atoms with Crippen LogP contribution in [0.5, 0.6) is 0 Å². The predicted molar refractivity (Wildman–Crippen MR) is 106 cm³/mol. The normalized spacial score (nSPS) is 10.9. The van der Waals surface area contributed by atoms with E-state index >= 15 is 0 Å². The number of carbonyl (C=O) groups excluding carboxylic acids is 2. The topological polar surface area (TPSA) is 76.9 Å². The Bertz CT molecular complexity index is 1130. The van der Waals surface area contributed by atoms with Crippen molar-refractivity contribution in [1.29, 1.82) is 0 Å². The number of para-hydroxylation sites is 1. The van der Waals surface area contributed by atoms with Crippen LogP contribution < -0.4 is 5.32 Å². The molecule has 134 valence electrons. The zero-order chi connectivity index (χ0) is 18.8. The molecular weight excluding hydrogens is 360 g/mol. The number of amides is 1. The van der Waals surface area contributed by atoms with Gasteiger partial charge in [-0.3, -0.25) is 14.6 Å². The Labute approximate surface area is 159 Å². The highest BCUT2D eigenvalue weighted by molar-refractivity contribution is 7.14. The number of nitrogens with zero attached hydrogens (tertiary/aromatic N) is 3. The second-order valence-electron chi connectivity index (χ2n) is 6.07. The summed E-state index contributed by atoms with van der Waals surface area (Å²) in [5.41, 5.74) is 3.22. The van der Waals surface area contributed by atoms with Crippen LogP contribution in [0.15, 0.2) is 60.4 Å². The molecule has 1 amide bonds. The third-order valence-electron chi connectivity index (χ3n) is 4.21. The molecule has 0 unspecified atom stereocenters. The first-order valence-corrected chi connectivity index (χ1v) is 9.24. The Morgan fingerprint density at radius 2 is 1.93 bits per heavy atom. The fourth-order valence-electron chi connectivity index (χ4n) is 2.96. The largest absolute Gasteiger partial charge is 0.337 e. The van der Waals surface area contributed by atoms with Gasteiger partial charge in [-0.25, -0.2) is 4.98 Å². The summed E-state index contributed by atoms with van der Waals surface area (Å²) in [6.07, 6.45) is 5.14. The van der Waals surface area contributed by atoms with E-state index in [-0.39, 0.29) is 18.2 Å². The van der Waals surface area contributed by atoms with Crippen molar-refractivity contribution in [1.82, 2.24) is 14.5 Å². The summed E-state index contributed by atoms with van der Waals surface area (Å²) < 4.78 is 1.79. The SMILES string of the molecule is CC(=O)c1cn(CC(=O)Nc2nc(-c3ccncc3)cs2)c2ccccc12. The van der Waals surface area contributed by atoms with Gasteiger partial charge in [0.2, 0.25) is 5.91 Å². The van der Waals surface area contributed by atoms with E-state index in [1.807, 2.05) is 41.8 Å². The quantitative estimate of drug-likeness (QED) is 0.534. The number of aromatic nitrogens is 3. The van der Waals surface area contributed by atoms with Gasteiger partial charge in [0.1, 0.15) is 6.54 Å². The molecule has 0 spiro atoms. The number of ketones is 1. The molecule has 0 saturated heterocycles. The molecule has 0 saturated carbocycles. The molecule has 3 heterocycles. The van der Waals surface area contributed by atoms with Crippen LogP contribution in [0.3, 0.4) is 0 Å². The van der Waals surface area contributed by atoms with Gasteiger partial charge in [0.25, 0.3) is 0 Å². The minimum atomic E-state index is -0.193. The van der Waals surface area contributed by atoms with E-state index in [9.17, 15) is 9.59 Å². The van der Waals surface area contributed by atoms with Gasteiger partial charge in [-0.15, -0.1) is 11.3 Å². The van der Waals surface area contributed by atoms with Crippen LogP contribution >= 0.6 is 11.3 Å². The molecule has 0 bridgehead atoms. The van der Waals surface area contributed by atoms with Crippen LogP contribution in [-0.4, -0.2) is 26.2 Å². The fourth-order valence-corrected chi connectivity index (χ4v) is 3.69. The first-order valence-electron chi connectivity index (χ1n) is 8.36. The van der Waals surface area contributed by atoms with Gasteiger partial charge in [-0.2, -0.15) is 0 Å². The summed E-state index contributed by atoms with van der Waals surface area (Å²) in [6, 6.07) is 11.3. The maximum atomic E-state index is 12.5. The summed E-state index contributed by atoms with van der Waals surface area (Å²) in [6.45, 7) is 1.64. The molecule has 6 nitrogen and oxygen atoms in total. The first-order chi connectivity index (χ1) is 13.1. The van der Waals surface area contributed by atoms with Gasteiger partial charge < -0.3 is 9.88 Å². The Morgan fingerprint density at radius 3 is 2.70 bits per heavy atom. The van der Waals surface area contributed by atoms with Gasteiger partial charge >= 0.3 is 0 Å². The molecule has 4 aromatic rings. The van der Waals surface area contributed by atoms with E-state index in [1.54, 1.807) is 23.2 Å². The molecule has 1 N–H and O–H groups in total. The summed E-state index contributed by atoms with van der Waals surface area (Å²) in [5, 5.41) is 6.11. The summed E-state index contributed by atoms with van der Waals surface area (Å²) in [7, 11) is 0. The lowest BCUT2D eigenvalue weighted by Gasteiger charge is -2.05.